The molecule has 0 nitrogen and oxygen atoms in total. The molecule has 9 aromatic rings. The second-order valence-electron chi connectivity index (χ2n) is 15.0. The third-order valence-corrected chi connectivity index (χ3v) is 15.7. The van der Waals surface area contributed by atoms with Crippen molar-refractivity contribution in [3.63, 3.8) is 0 Å². The molecule has 0 aliphatic heterocycles. The zero-order chi connectivity index (χ0) is 52.7. The lowest BCUT2D eigenvalue weighted by Crippen LogP contribution is -2.68. The average Bonchev–Trinajstić information content (AvgIpc) is 3.32. The molecule has 0 radical (unpaired) electrons. The SMILES string of the molecule is Fc1c(F)c(F)c2c(F)c3[c]([Al-]([F])([c]4c(F)c(F)c(F)c5c(F)c6c(F)c(F)c(F)c(F)c6c(F)c45)[c]4c(F)c(F)c(F)c5c(F)c6c(F)c(F)c(F)c(F)c6c(F)c45)c(F)c(F)c(F)c3c(F)c2c1F. The van der Waals surface area contributed by atoms with Crippen LogP contribution in [0.4, 0.5) is 122 Å². The van der Waals surface area contributed by atoms with Crippen LogP contribution >= 0.6 is 0 Å². The number of halogens is 28. The maximum Gasteiger partial charge on any atom is 0.449 e. The van der Waals surface area contributed by atoms with Gasteiger partial charge in [-0.2, -0.15) is 0 Å². The number of fused-ring (bicyclic) bond motifs is 6. The van der Waals surface area contributed by atoms with E-state index in [9.17, 15) is 26.3 Å². The molecule has 71 heavy (non-hydrogen) atoms. The minimum absolute atomic E-state index is 2.76. The highest BCUT2D eigenvalue weighted by Gasteiger charge is 2.53. The van der Waals surface area contributed by atoms with Crippen molar-refractivity contribution in [1.82, 2.24) is 0 Å². The van der Waals surface area contributed by atoms with Gasteiger partial charge in [0.25, 0.3) is 0 Å². The minimum atomic E-state index is -10.00. The van der Waals surface area contributed by atoms with Crippen LogP contribution in [0.15, 0.2) is 0 Å². The van der Waals surface area contributed by atoms with Crippen molar-refractivity contribution in [3.05, 3.63) is 157 Å². The van der Waals surface area contributed by atoms with Gasteiger partial charge in [-0.3, -0.25) is 0 Å². The molecule has 9 aromatic carbocycles. The van der Waals surface area contributed by atoms with Crippen molar-refractivity contribution in [2.75, 3.05) is 0 Å². The fourth-order valence-electron chi connectivity index (χ4n) is 8.77. The van der Waals surface area contributed by atoms with Gasteiger partial charge in [0.2, 0.25) is 0 Å². The Labute approximate surface area is 370 Å². The van der Waals surface area contributed by atoms with E-state index < -0.39 is 249 Å². The van der Waals surface area contributed by atoms with Gasteiger partial charge in [-0.1, -0.05) is 0 Å². The van der Waals surface area contributed by atoms with Crippen molar-refractivity contribution in [1.29, 1.82) is 0 Å². The lowest BCUT2D eigenvalue weighted by atomic mass is 9.98. The Balaban J connectivity index is 1.75. The zero-order valence-corrected chi connectivity index (χ0v) is 33.3. The van der Waals surface area contributed by atoms with Crippen molar-refractivity contribution in [2.24, 2.45) is 0 Å². The molecule has 0 aliphatic rings. The van der Waals surface area contributed by atoms with E-state index in [2.05, 4.69) is 0 Å². The van der Waals surface area contributed by atoms with Gasteiger partial charge in [0.05, 0.1) is 48.5 Å². The molecule has 368 valence electrons. The average molecular weight is 1060 g/mol. The smallest absolute Gasteiger partial charge is 0.449 e. The van der Waals surface area contributed by atoms with Crippen LogP contribution in [-0.4, -0.2) is 13.5 Å². The van der Waals surface area contributed by atoms with Gasteiger partial charge in [0, 0.05) is 0 Å². The van der Waals surface area contributed by atoms with Crippen LogP contribution < -0.4 is 13.3 Å². The summed E-state index contributed by atoms with van der Waals surface area (Å²) in [4.78, 5) is 0. The highest BCUT2D eigenvalue weighted by molar-refractivity contribution is 7.10. The van der Waals surface area contributed by atoms with E-state index in [1.54, 1.807) is 0 Å². The number of rotatable bonds is 3. The van der Waals surface area contributed by atoms with Gasteiger partial charge in [-0.15, -0.1) is 13.3 Å². The van der Waals surface area contributed by atoms with E-state index in [0.29, 0.717) is 0 Å². The Morgan fingerprint density at radius 2 is 0.239 bits per heavy atom. The molecule has 0 unspecified atom stereocenters. The largest absolute Gasteiger partial charge is 0.581 e. The van der Waals surface area contributed by atoms with Crippen molar-refractivity contribution in [3.8, 4) is 0 Å². The van der Waals surface area contributed by atoms with Crippen LogP contribution in [0, 0.1) is 157 Å². The second-order valence-corrected chi connectivity index (χ2v) is 18.2. The maximum absolute atomic E-state index is 19.8. The van der Waals surface area contributed by atoms with Crippen molar-refractivity contribution < 1.29 is 122 Å². The molecule has 0 N–H and O–H groups in total. The lowest BCUT2D eigenvalue weighted by Gasteiger charge is -2.37. The molecule has 0 saturated heterocycles. The van der Waals surface area contributed by atoms with Crippen LogP contribution in [-0.2, 0) is 0 Å². The van der Waals surface area contributed by atoms with E-state index in [1.165, 1.54) is 0 Å². The quantitative estimate of drug-likeness (QED) is 0.0544. The van der Waals surface area contributed by atoms with E-state index in [4.69, 9.17) is 0 Å². The summed E-state index contributed by atoms with van der Waals surface area (Å²) in [6.45, 7) is 0. The Kier molecular flexibility index (Phi) is 10.8. The van der Waals surface area contributed by atoms with Gasteiger partial charge >= 0.3 is 13.5 Å². The summed E-state index contributed by atoms with van der Waals surface area (Å²) in [5.74, 6) is -92.5. The zero-order valence-electron chi connectivity index (χ0n) is 32.2. The van der Waals surface area contributed by atoms with Crippen LogP contribution in [0.1, 0.15) is 0 Å². The molecule has 29 heteroatoms. The van der Waals surface area contributed by atoms with Gasteiger partial charge in [0.1, 0.15) is 52.4 Å². The predicted octanol–water partition coefficient (Wildman–Crippen LogP) is 13.3. The summed E-state index contributed by atoms with van der Waals surface area (Å²) in [6, 6.07) is 0. The Hall–Kier alpha value is -6.89. The molecule has 0 spiro atoms. The molecule has 0 saturated carbocycles. The fraction of sp³-hybridized carbons (Fsp3) is 0. The first-order valence-corrected chi connectivity index (χ1v) is 20.4. The van der Waals surface area contributed by atoms with Gasteiger partial charge < -0.3 is 3.52 Å². The third kappa shape index (κ3) is 5.71. The maximum atomic E-state index is 19.8. The van der Waals surface area contributed by atoms with Crippen molar-refractivity contribution >= 4 is 91.4 Å². The van der Waals surface area contributed by atoms with E-state index in [-0.39, 0.29) is 0 Å². The lowest BCUT2D eigenvalue weighted by molar-refractivity contribution is 0.414. The van der Waals surface area contributed by atoms with E-state index in [0.717, 1.165) is 0 Å². The van der Waals surface area contributed by atoms with Gasteiger partial charge in [-0.05, 0) is 16.2 Å². The fourth-order valence-corrected chi connectivity index (χ4v) is 13.1. The minimum Gasteiger partial charge on any atom is -0.581 e. The first-order valence-electron chi connectivity index (χ1n) is 18.2. The Morgan fingerprint density at radius 1 is 0.127 bits per heavy atom. The summed E-state index contributed by atoms with van der Waals surface area (Å²) in [5.41, 5.74) is 0. The molecule has 0 fully saturated rings. The van der Waals surface area contributed by atoms with Gasteiger partial charge in [-0.25, -0.2) is 119 Å². The second kappa shape index (κ2) is 15.6. The van der Waals surface area contributed by atoms with Crippen LogP contribution in [0.5, 0.6) is 0 Å². The first kappa shape index (κ1) is 49.1. The monoisotopic (exact) mass is 1060 g/mol. The van der Waals surface area contributed by atoms with Crippen LogP contribution in [0.3, 0.4) is 0 Å². The van der Waals surface area contributed by atoms with Crippen LogP contribution in [0.25, 0.3) is 64.6 Å². The predicted molar refractivity (Wildman–Crippen MR) is 189 cm³/mol. The molecular formula is C42AlF28-. The summed E-state index contributed by atoms with van der Waals surface area (Å²) < 4.78 is 433. The van der Waals surface area contributed by atoms with E-state index >= 15 is 95.7 Å². The normalized spacial score (nSPS) is 12.5. The molecule has 0 aliphatic carbocycles. The first-order chi connectivity index (χ1) is 33.0. The summed E-state index contributed by atoms with van der Waals surface area (Å²) in [7, 11) is 0. The molecule has 0 amide bonds. The van der Waals surface area contributed by atoms with E-state index in [1.807, 2.05) is 0 Å². The number of benzene rings is 9. The Bertz CT molecular complexity index is 3680. The highest BCUT2D eigenvalue weighted by Crippen LogP contribution is 2.45. The summed E-state index contributed by atoms with van der Waals surface area (Å²) >= 11 is -10.00. The summed E-state index contributed by atoms with van der Waals surface area (Å²) in [5, 5.41) is -36.1. The molecular weight excluding hydrogens is 1060 g/mol. The standard InChI is InChI=1S/3C14F9.Al.FH/c3*15-3-1-2-4(10(19)8(3)17)9(18)6-5(7(2)16)11(20)13(22)14(23)12(6)21;;/h;;;;1H/p-1. The van der Waals surface area contributed by atoms with Crippen molar-refractivity contribution in [2.45, 2.75) is 0 Å². The summed E-state index contributed by atoms with van der Waals surface area (Å²) in [6.07, 6.45) is 0. The van der Waals surface area contributed by atoms with Gasteiger partial charge in [0.15, 0.2) is 105 Å². The molecule has 0 heterocycles. The van der Waals surface area contributed by atoms with Crippen LogP contribution in [0.2, 0.25) is 0 Å². The topological polar surface area (TPSA) is 0 Å². The molecule has 0 aromatic heterocycles. The highest BCUT2D eigenvalue weighted by atomic mass is 27.3. The number of hydrogen-bond acceptors (Lipinski definition) is 0. The molecule has 0 atom stereocenters. The molecule has 0 bridgehead atoms. The third-order valence-electron chi connectivity index (χ3n) is 11.7. The molecule has 9 rings (SSSR count). The number of hydrogen-bond donors (Lipinski definition) is 0. The Morgan fingerprint density at radius 3 is 0.394 bits per heavy atom.